The van der Waals surface area contributed by atoms with E-state index in [1.165, 1.54) is 6.07 Å². The average Bonchev–Trinajstić information content (AvgIpc) is 3.15. The summed E-state index contributed by atoms with van der Waals surface area (Å²) in [7, 11) is 0. The molecule has 120 valence electrons. The van der Waals surface area contributed by atoms with Crippen LogP contribution in [-0.4, -0.2) is 22.8 Å². The van der Waals surface area contributed by atoms with Crippen molar-refractivity contribution in [3.8, 4) is 17.4 Å². The van der Waals surface area contributed by atoms with E-state index in [9.17, 15) is 9.90 Å². The number of hydrogen-bond donors (Lipinski definition) is 2. The van der Waals surface area contributed by atoms with Gasteiger partial charge in [0, 0.05) is 16.0 Å². The number of aromatic hydroxyl groups is 1. The SMILES string of the molecule is O=C(N=Nc1c(O)[nH]c2ccc(Cl)cc12)c1ccc2c(c1)OCO2. The van der Waals surface area contributed by atoms with Crippen LogP contribution in [0.15, 0.2) is 46.6 Å². The summed E-state index contributed by atoms with van der Waals surface area (Å²) in [6.07, 6.45) is 0. The predicted octanol–water partition coefficient (Wildman–Crippen LogP) is 4.18. The summed E-state index contributed by atoms with van der Waals surface area (Å²) in [6, 6.07) is 9.76. The number of carbonyl (C=O) groups is 1. The maximum absolute atomic E-state index is 12.2. The van der Waals surface area contributed by atoms with Gasteiger partial charge in [0.2, 0.25) is 12.7 Å². The number of rotatable bonds is 2. The van der Waals surface area contributed by atoms with Crippen molar-refractivity contribution < 1.29 is 19.4 Å². The lowest BCUT2D eigenvalue weighted by atomic mass is 10.2. The first-order valence-corrected chi connectivity index (χ1v) is 7.35. The summed E-state index contributed by atoms with van der Waals surface area (Å²) in [6.45, 7) is 0.123. The van der Waals surface area contributed by atoms with Crippen LogP contribution in [0.3, 0.4) is 0 Å². The van der Waals surface area contributed by atoms with E-state index in [1.54, 1.807) is 30.3 Å². The summed E-state index contributed by atoms with van der Waals surface area (Å²) < 4.78 is 10.4. The van der Waals surface area contributed by atoms with Crippen LogP contribution in [-0.2, 0) is 0 Å². The number of carbonyl (C=O) groups excluding carboxylic acids is 1. The highest BCUT2D eigenvalue weighted by molar-refractivity contribution is 6.31. The maximum atomic E-state index is 12.2. The number of benzene rings is 2. The Labute approximate surface area is 140 Å². The van der Waals surface area contributed by atoms with Crippen molar-refractivity contribution in [3.63, 3.8) is 0 Å². The second-order valence-electron chi connectivity index (χ2n) is 5.09. The average molecular weight is 344 g/mol. The minimum atomic E-state index is -0.566. The van der Waals surface area contributed by atoms with Gasteiger partial charge in [-0.3, -0.25) is 4.79 Å². The minimum Gasteiger partial charge on any atom is -0.493 e. The molecular weight excluding hydrogens is 334 g/mol. The molecule has 0 bridgehead atoms. The van der Waals surface area contributed by atoms with Crippen molar-refractivity contribution in [1.29, 1.82) is 0 Å². The molecule has 1 amide bonds. The van der Waals surface area contributed by atoms with Crippen molar-refractivity contribution >= 4 is 34.1 Å². The number of nitrogens with one attached hydrogen (secondary N) is 1. The molecule has 0 aliphatic carbocycles. The Morgan fingerprint density at radius 2 is 2.00 bits per heavy atom. The summed E-state index contributed by atoms with van der Waals surface area (Å²) in [5.74, 6) is 0.309. The van der Waals surface area contributed by atoms with E-state index < -0.39 is 5.91 Å². The minimum absolute atomic E-state index is 0.123. The van der Waals surface area contributed by atoms with Gasteiger partial charge in [-0.2, -0.15) is 0 Å². The number of H-pyrrole nitrogens is 1. The standard InChI is InChI=1S/C16H10ClN3O4/c17-9-2-3-11-10(6-9)14(16(22)18-11)19-20-15(21)8-1-4-12-13(5-8)24-7-23-12/h1-6,18,22H,7H2. The molecule has 0 fully saturated rings. The first-order valence-electron chi connectivity index (χ1n) is 6.98. The first kappa shape index (κ1) is 14.5. The van der Waals surface area contributed by atoms with Crippen molar-refractivity contribution in [2.24, 2.45) is 10.2 Å². The van der Waals surface area contributed by atoms with Gasteiger partial charge in [-0.1, -0.05) is 11.6 Å². The molecule has 4 rings (SSSR count). The summed E-state index contributed by atoms with van der Waals surface area (Å²) >= 11 is 5.95. The molecule has 1 aliphatic rings. The number of azo groups is 1. The Kier molecular flexibility index (Phi) is 3.35. The highest BCUT2D eigenvalue weighted by Gasteiger charge is 2.17. The highest BCUT2D eigenvalue weighted by Crippen LogP contribution is 2.37. The third kappa shape index (κ3) is 2.44. The van der Waals surface area contributed by atoms with Gasteiger partial charge >= 0.3 is 0 Å². The fourth-order valence-corrected chi connectivity index (χ4v) is 2.59. The zero-order valence-corrected chi connectivity index (χ0v) is 12.9. The lowest BCUT2D eigenvalue weighted by Crippen LogP contribution is -1.94. The fourth-order valence-electron chi connectivity index (χ4n) is 2.42. The molecule has 0 radical (unpaired) electrons. The predicted molar refractivity (Wildman–Crippen MR) is 86.4 cm³/mol. The third-order valence-corrected chi connectivity index (χ3v) is 3.81. The van der Waals surface area contributed by atoms with Gasteiger partial charge in [-0.05, 0) is 36.4 Å². The van der Waals surface area contributed by atoms with Crippen molar-refractivity contribution in [2.75, 3.05) is 6.79 Å². The summed E-state index contributed by atoms with van der Waals surface area (Å²) in [5, 5.41) is 18.5. The van der Waals surface area contributed by atoms with Crippen LogP contribution in [0.2, 0.25) is 5.02 Å². The number of aromatic amines is 1. The monoisotopic (exact) mass is 343 g/mol. The van der Waals surface area contributed by atoms with E-state index in [2.05, 4.69) is 15.2 Å². The number of halogens is 1. The molecule has 1 aromatic heterocycles. The Balaban J connectivity index is 1.66. The van der Waals surface area contributed by atoms with Gasteiger partial charge in [-0.15, -0.1) is 10.2 Å². The van der Waals surface area contributed by atoms with Crippen LogP contribution in [0, 0.1) is 0 Å². The molecule has 8 heteroatoms. The van der Waals surface area contributed by atoms with Crippen molar-refractivity contribution in [1.82, 2.24) is 4.98 Å². The maximum Gasteiger partial charge on any atom is 0.295 e. The lowest BCUT2D eigenvalue weighted by molar-refractivity contribution is 0.0994. The number of ether oxygens (including phenoxy) is 2. The van der Waals surface area contributed by atoms with Gasteiger partial charge < -0.3 is 19.6 Å². The number of nitrogens with zero attached hydrogens (tertiary/aromatic N) is 2. The van der Waals surface area contributed by atoms with Crippen molar-refractivity contribution in [2.45, 2.75) is 0 Å². The topological polar surface area (TPSA) is 96.3 Å². The molecular formula is C16H10ClN3O4. The molecule has 0 unspecified atom stereocenters. The van der Waals surface area contributed by atoms with Gasteiger partial charge in [0.1, 0.15) is 0 Å². The van der Waals surface area contributed by atoms with Crippen LogP contribution >= 0.6 is 11.6 Å². The first-order chi connectivity index (χ1) is 11.6. The number of amides is 1. The molecule has 0 saturated heterocycles. The Bertz CT molecular complexity index is 996. The molecule has 2 heterocycles. The molecule has 1 aliphatic heterocycles. The molecule has 0 spiro atoms. The van der Waals surface area contributed by atoms with Crippen LogP contribution in [0.25, 0.3) is 10.9 Å². The smallest absolute Gasteiger partial charge is 0.295 e. The van der Waals surface area contributed by atoms with E-state index in [1.807, 2.05) is 0 Å². The number of hydrogen-bond acceptors (Lipinski definition) is 5. The second kappa shape index (κ2) is 5.54. The number of aromatic nitrogens is 1. The van der Waals surface area contributed by atoms with Crippen LogP contribution < -0.4 is 9.47 Å². The Morgan fingerprint density at radius 1 is 1.17 bits per heavy atom. The van der Waals surface area contributed by atoms with Crippen LogP contribution in [0.5, 0.6) is 17.4 Å². The highest BCUT2D eigenvalue weighted by atomic mass is 35.5. The van der Waals surface area contributed by atoms with Gasteiger partial charge in [0.05, 0.1) is 5.52 Å². The Hall–Kier alpha value is -3.06. The van der Waals surface area contributed by atoms with Gasteiger partial charge in [0.15, 0.2) is 17.2 Å². The van der Waals surface area contributed by atoms with E-state index in [-0.39, 0.29) is 18.4 Å². The van der Waals surface area contributed by atoms with E-state index in [4.69, 9.17) is 21.1 Å². The zero-order valence-electron chi connectivity index (χ0n) is 12.1. The van der Waals surface area contributed by atoms with Crippen molar-refractivity contribution in [3.05, 3.63) is 47.0 Å². The molecule has 2 N–H and O–H groups in total. The summed E-state index contributed by atoms with van der Waals surface area (Å²) in [5.41, 5.74) is 1.10. The normalized spacial score (nSPS) is 13.0. The lowest BCUT2D eigenvalue weighted by Gasteiger charge is -1.98. The van der Waals surface area contributed by atoms with E-state index in [0.29, 0.717) is 33.0 Å². The second-order valence-corrected chi connectivity index (χ2v) is 5.52. The quantitative estimate of drug-likeness (QED) is 0.682. The van der Waals surface area contributed by atoms with E-state index in [0.717, 1.165) is 0 Å². The fraction of sp³-hybridized carbons (Fsp3) is 0.0625. The third-order valence-electron chi connectivity index (χ3n) is 3.57. The molecule has 0 atom stereocenters. The van der Waals surface area contributed by atoms with E-state index >= 15 is 0 Å². The molecule has 7 nitrogen and oxygen atoms in total. The summed E-state index contributed by atoms with van der Waals surface area (Å²) in [4.78, 5) is 14.9. The van der Waals surface area contributed by atoms with Crippen LogP contribution in [0.1, 0.15) is 10.4 Å². The molecule has 0 saturated carbocycles. The zero-order chi connectivity index (χ0) is 16.7. The molecule has 2 aromatic carbocycles. The molecule has 3 aromatic rings. The van der Waals surface area contributed by atoms with Crippen LogP contribution in [0.4, 0.5) is 5.69 Å². The van der Waals surface area contributed by atoms with Gasteiger partial charge in [0.25, 0.3) is 5.91 Å². The largest absolute Gasteiger partial charge is 0.493 e. The molecule has 24 heavy (non-hydrogen) atoms. The van der Waals surface area contributed by atoms with Gasteiger partial charge in [-0.25, -0.2) is 0 Å². The number of fused-ring (bicyclic) bond motifs is 2. The Morgan fingerprint density at radius 3 is 2.88 bits per heavy atom.